The lowest BCUT2D eigenvalue weighted by Crippen LogP contribution is -2.55. The Balaban J connectivity index is 1.57. The van der Waals surface area contributed by atoms with E-state index in [1.54, 1.807) is 4.90 Å². The first-order valence-electron chi connectivity index (χ1n) is 9.14. The predicted octanol–water partition coefficient (Wildman–Crippen LogP) is 2.91. The van der Waals surface area contributed by atoms with Gasteiger partial charge in [0.1, 0.15) is 0 Å². The van der Waals surface area contributed by atoms with Crippen LogP contribution in [-0.2, 0) is 16.1 Å². The van der Waals surface area contributed by atoms with Gasteiger partial charge in [-0.1, -0.05) is 60.1 Å². The van der Waals surface area contributed by atoms with Crippen molar-refractivity contribution in [3.63, 3.8) is 0 Å². The number of hydrogen-bond donors (Lipinski definition) is 2. The van der Waals surface area contributed by atoms with E-state index in [1.807, 2.05) is 61.5 Å². The van der Waals surface area contributed by atoms with Crippen LogP contribution < -0.4 is 10.6 Å². The zero-order valence-electron chi connectivity index (χ0n) is 15.3. The fourth-order valence-electron chi connectivity index (χ4n) is 3.25. The van der Waals surface area contributed by atoms with E-state index in [0.717, 1.165) is 11.1 Å². The van der Waals surface area contributed by atoms with E-state index >= 15 is 0 Å². The molecule has 2 aromatic rings. The molecule has 2 N–H and O–H groups in total. The molecule has 0 saturated carbocycles. The maximum atomic E-state index is 12.8. The summed E-state index contributed by atoms with van der Waals surface area (Å²) in [5, 5.41) is 6.77. The van der Waals surface area contributed by atoms with Crippen LogP contribution in [0, 0.1) is 0 Å². The second-order valence-corrected chi connectivity index (χ2v) is 7.17. The number of carbonyl (C=O) groups is 2. The Labute approximate surface area is 164 Å². The minimum atomic E-state index is -0.510. The SMILES string of the molecule is CC(NC(=O)CC1NCCN(Cc2ccccc2Cl)C1=O)c1ccccc1. The normalized spacial score (nSPS) is 18.2. The van der Waals surface area contributed by atoms with Crippen LogP contribution in [0.15, 0.2) is 54.6 Å². The summed E-state index contributed by atoms with van der Waals surface area (Å²) in [6.07, 6.45) is 0.120. The number of nitrogens with one attached hydrogen (secondary N) is 2. The van der Waals surface area contributed by atoms with Crippen LogP contribution >= 0.6 is 11.6 Å². The maximum absolute atomic E-state index is 12.8. The number of piperazine rings is 1. The molecule has 2 unspecified atom stereocenters. The van der Waals surface area contributed by atoms with Gasteiger partial charge in [0, 0.05) is 24.7 Å². The molecule has 142 valence electrons. The van der Waals surface area contributed by atoms with E-state index in [1.165, 1.54) is 0 Å². The molecule has 0 aliphatic carbocycles. The molecule has 2 atom stereocenters. The van der Waals surface area contributed by atoms with Crippen molar-refractivity contribution >= 4 is 23.4 Å². The summed E-state index contributed by atoms with van der Waals surface area (Å²) in [5.41, 5.74) is 1.95. The lowest BCUT2D eigenvalue weighted by molar-refractivity contribution is -0.138. The highest BCUT2D eigenvalue weighted by atomic mass is 35.5. The van der Waals surface area contributed by atoms with E-state index in [2.05, 4.69) is 10.6 Å². The molecule has 0 radical (unpaired) electrons. The highest BCUT2D eigenvalue weighted by Gasteiger charge is 2.30. The lowest BCUT2D eigenvalue weighted by atomic mass is 10.1. The fourth-order valence-corrected chi connectivity index (χ4v) is 3.45. The Hall–Kier alpha value is -2.37. The third-order valence-electron chi connectivity index (χ3n) is 4.77. The topological polar surface area (TPSA) is 61.4 Å². The van der Waals surface area contributed by atoms with E-state index < -0.39 is 6.04 Å². The number of benzene rings is 2. The molecule has 1 aliphatic rings. The van der Waals surface area contributed by atoms with E-state index in [-0.39, 0.29) is 24.3 Å². The number of halogens is 1. The number of nitrogens with zero attached hydrogens (tertiary/aromatic N) is 1. The van der Waals surface area contributed by atoms with Crippen molar-refractivity contribution in [1.29, 1.82) is 0 Å². The standard InChI is InChI=1S/C21H24ClN3O2/c1-15(16-7-3-2-4-8-16)24-20(26)13-19-21(27)25(12-11-23-19)14-17-9-5-6-10-18(17)22/h2-10,15,19,23H,11-14H2,1H3,(H,24,26). The van der Waals surface area contributed by atoms with Gasteiger partial charge in [-0.05, 0) is 24.1 Å². The van der Waals surface area contributed by atoms with Gasteiger partial charge in [0.25, 0.3) is 0 Å². The molecule has 1 aliphatic heterocycles. The average molecular weight is 386 g/mol. The molecule has 6 heteroatoms. The first-order chi connectivity index (χ1) is 13.0. The molecule has 3 rings (SSSR count). The molecule has 5 nitrogen and oxygen atoms in total. The van der Waals surface area contributed by atoms with Gasteiger partial charge in [-0.3, -0.25) is 9.59 Å². The summed E-state index contributed by atoms with van der Waals surface area (Å²) in [7, 11) is 0. The van der Waals surface area contributed by atoms with Crippen LogP contribution in [0.3, 0.4) is 0 Å². The third kappa shape index (κ3) is 5.08. The number of rotatable bonds is 6. The first-order valence-corrected chi connectivity index (χ1v) is 9.52. The zero-order chi connectivity index (χ0) is 19.2. The van der Waals surface area contributed by atoms with Crippen LogP contribution in [0.2, 0.25) is 5.02 Å². The van der Waals surface area contributed by atoms with Gasteiger partial charge < -0.3 is 15.5 Å². The van der Waals surface area contributed by atoms with Crippen molar-refractivity contribution in [3.8, 4) is 0 Å². The van der Waals surface area contributed by atoms with E-state index in [0.29, 0.717) is 24.7 Å². The van der Waals surface area contributed by atoms with Crippen LogP contribution in [0.4, 0.5) is 0 Å². The first kappa shape index (κ1) is 19.4. The monoisotopic (exact) mass is 385 g/mol. The second kappa shape index (κ2) is 9.02. The number of amides is 2. The van der Waals surface area contributed by atoms with Gasteiger partial charge in [0.2, 0.25) is 11.8 Å². The minimum absolute atomic E-state index is 0.0660. The molecule has 2 amide bonds. The summed E-state index contributed by atoms with van der Waals surface area (Å²) in [6, 6.07) is 16.7. The van der Waals surface area contributed by atoms with Gasteiger partial charge in [-0.15, -0.1) is 0 Å². The van der Waals surface area contributed by atoms with Crippen molar-refractivity contribution in [2.45, 2.75) is 32.0 Å². The Morgan fingerprint density at radius 2 is 1.93 bits per heavy atom. The van der Waals surface area contributed by atoms with Gasteiger partial charge in [0.15, 0.2) is 0 Å². The summed E-state index contributed by atoms with van der Waals surface area (Å²) in [6.45, 7) is 3.65. The van der Waals surface area contributed by atoms with Crippen LogP contribution in [0.25, 0.3) is 0 Å². The molecular weight excluding hydrogens is 362 g/mol. The fraction of sp³-hybridized carbons (Fsp3) is 0.333. The highest BCUT2D eigenvalue weighted by Crippen LogP contribution is 2.19. The van der Waals surface area contributed by atoms with Gasteiger partial charge >= 0.3 is 0 Å². The van der Waals surface area contributed by atoms with Crippen LogP contribution in [0.1, 0.15) is 30.5 Å². The molecule has 1 saturated heterocycles. The van der Waals surface area contributed by atoms with Crippen molar-refractivity contribution in [2.75, 3.05) is 13.1 Å². The summed E-state index contributed by atoms with van der Waals surface area (Å²) < 4.78 is 0. The minimum Gasteiger partial charge on any atom is -0.350 e. The highest BCUT2D eigenvalue weighted by molar-refractivity contribution is 6.31. The molecule has 0 aromatic heterocycles. The summed E-state index contributed by atoms with van der Waals surface area (Å²) in [5.74, 6) is -0.208. The molecule has 1 fully saturated rings. The van der Waals surface area contributed by atoms with Crippen molar-refractivity contribution in [3.05, 3.63) is 70.7 Å². The third-order valence-corrected chi connectivity index (χ3v) is 5.14. The van der Waals surface area contributed by atoms with Crippen molar-refractivity contribution in [2.24, 2.45) is 0 Å². The summed E-state index contributed by atoms with van der Waals surface area (Å²) in [4.78, 5) is 26.9. The van der Waals surface area contributed by atoms with Gasteiger partial charge in [-0.2, -0.15) is 0 Å². The van der Waals surface area contributed by atoms with Crippen LogP contribution in [0.5, 0.6) is 0 Å². The largest absolute Gasteiger partial charge is 0.350 e. The molecule has 2 aromatic carbocycles. The molecular formula is C21H24ClN3O2. The quantitative estimate of drug-likeness (QED) is 0.803. The number of carbonyl (C=O) groups excluding carboxylic acids is 2. The smallest absolute Gasteiger partial charge is 0.240 e. The Bertz CT molecular complexity index is 797. The molecule has 0 bridgehead atoms. The summed E-state index contributed by atoms with van der Waals surface area (Å²) >= 11 is 6.21. The van der Waals surface area contributed by atoms with Crippen molar-refractivity contribution in [1.82, 2.24) is 15.5 Å². The zero-order valence-corrected chi connectivity index (χ0v) is 16.1. The van der Waals surface area contributed by atoms with E-state index in [4.69, 9.17) is 11.6 Å². The molecule has 0 spiro atoms. The number of hydrogen-bond acceptors (Lipinski definition) is 3. The van der Waals surface area contributed by atoms with Crippen LogP contribution in [-0.4, -0.2) is 35.8 Å². The Morgan fingerprint density at radius 1 is 1.22 bits per heavy atom. The molecule has 1 heterocycles. The molecule has 27 heavy (non-hydrogen) atoms. The van der Waals surface area contributed by atoms with Gasteiger partial charge in [-0.25, -0.2) is 0 Å². The Kier molecular flexibility index (Phi) is 6.48. The second-order valence-electron chi connectivity index (χ2n) is 6.76. The van der Waals surface area contributed by atoms with Gasteiger partial charge in [0.05, 0.1) is 18.5 Å². The van der Waals surface area contributed by atoms with Crippen molar-refractivity contribution < 1.29 is 9.59 Å². The average Bonchev–Trinajstić information content (AvgIpc) is 2.67. The maximum Gasteiger partial charge on any atom is 0.240 e. The Morgan fingerprint density at radius 3 is 2.67 bits per heavy atom. The predicted molar refractivity (Wildman–Crippen MR) is 106 cm³/mol. The lowest BCUT2D eigenvalue weighted by Gasteiger charge is -2.33. The van der Waals surface area contributed by atoms with E-state index in [9.17, 15) is 9.59 Å².